The molecule has 5 nitrogen and oxygen atoms in total. The van der Waals surface area contributed by atoms with Crippen molar-refractivity contribution < 1.29 is 8.42 Å². The summed E-state index contributed by atoms with van der Waals surface area (Å²) < 4.78 is 26.0. The molecule has 2 N–H and O–H groups in total. The SMILES string of the molecule is CC(C1CC1)N(C)S(=O)(=O)c1ncccc1N. The van der Waals surface area contributed by atoms with Gasteiger partial charge in [0, 0.05) is 19.3 Å². The van der Waals surface area contributed by atoms with E-state index >= 15 is 0 Å². The zero-order valence-electron chi connectivity index (χ0n) is 10.00. The number of hydrogen-bond donors (Lipinski definition) is 1. The van der Waals surface area contributed by atoms with Crippen molar-refractivity contribution in [3.63, 3.8) is 0 Å². The summed E-state index contributed by atoms with van der Waals surface area (Å²) in [7, 11) is -1.99. The quantitative estimate of drug-likeness (QED) is 0.873. The Kier molecular flexibility index (Phi) is 3.09. The molecule has 0 bridgehead atoms. The molecule has 17 heavy (non-hydrogen) atoms. The normalized spacial score (nSPS) is 18.3. The van der Waals surface area contributed by atoms with Crippen molar-refractivity contribution in [1.29, 1.82) is 0 Å². The van der Waals surface area contributed by atoms with Crippen molar-refractivity contribution in [2.24, 2.45) is 5.92 Å². The second-order valence-electron chi connectivity index (χ2n) is 4.50. The lowest BCUT2D eigenvalue weighted by Crippen LogP contribution is -2.37. The Morgan fingerprint density at radius 1 is 1.53 bits per heavy atom. The van der Waals surface area contributed by atoms with Gasteiger partial charge < -0.3 is 5.73 Å². The maximum absolute atomic E-state index is 12.3. The van der Waals surface area contributed by atoms with Gasteiger partial charge in [-0.2, -0.15) is 4.31 Å². The summed E-state index contributed by atoms with van der Waals surface area (Å²) in [5.74, 6) is 0.472. The van der Waals surface area contributed by atoms with E-state index in [1.165, 1.54) is 10.5 Å². The van der Waals surface area contributed by atoms with Crippen LogP contribution in [-0.2, 0) is 10.0 Å². The number of nitrogens with two attached hydrogens (primary N) is 1. The van der Waals surface area contributed by atoms with Crippen LogP contribution >= 0.6 is 0 Å². The molecule has 1 saturated carbocycles. The molecule has 1 unspecified atom stereocenters. The monoisotopic (exact) mass is 255 g/mol. The predicted molar refractivity (Wildman–Crippen MR) is 65.8 cm³/mol. The topological polar surface area (TPSA) is 76.3 Å². The summed E-state index contributed by atoms with van der Waals surface area (Å²) in [6.45, 7) is 1.92. The van der Waals surface area contributed by atoms with Gasteiger partial charge in [0.2, 0.25) is 0 Å². The van der Waals surface area contributed by atoms with Gasteiger partial charge in [-0.25, -0.2) is 13.4 Å². The Hall–Kier alpha value is -1.14. The zero-order chi connectivity index (χ0) is 12.6. The Morgan fingerprint density at radius 2 is 2.18 bits per heavy atom. The van der Waals surface area contributed by atoms with Gasteiger partial charge in [-0.1, -0.05) is 0 Å². The van der Waals surface area contributed by atoms with E-state index in [0.29, 0.717) is 5.92 Å². The van der Waals surface area contributed by atoms with Crippen LogP contribution in [-0.4, -0.2) is 30.8 Å². The van der Waals surface area contributed by atoms with Gasteiger partial charge >= 0.3 is 0 Å². The summed E-state index contributed by atoms with van der Waals surface area (Å²) in [6.07, 6.45) is 3.64. The molecule has 6 heteroatoms. The first-order valence-corrected chi connectivity index (χ1v) is 7.07. The van der Waals surface area contributed by atoms with E-state index in [1.807, 2.05) is 6.92 Å². The largest absolute Gasteiger partial charge is 0.396 e. The van der Waals surface area contributed by atoms with Gasteiger partial charge in [0.15, 0.2) is 5.03 Å². The highest BCUT2D eigenvalue weighted by Gasteiger charge is 2.37. The van der Waals surface area contributed by atoms with E-state index in [-0.39, 0.29) is 16.8 Å². The van der Waals surface area contributed by atoms with Gasteiger partial charge in [0.1, 0.15) is 0 Å². The third kappa shape index (κ3) is 2.28. The number of pyridine rings is 1. The average molecular weight is 255 g/mol. The number of hydrogen-bond acceptors (Lipinski definition) is 4. The van der Waals surface area contributed by atoms with Crippen LogP contribution in [0.2, 0.25) is 0 Å². The summed E-state index contributed by atoms with van der Waals surface area (Å²) in [6, 6.07) is 3.18. The van der Waals surface area contributed by atoms with Crippen LogP contribution in [0.4, 0.5) is 5.69 Å². The minimum atomic E-state index is -3.58. The van der Waals surface area contributed by atoms with Crippen molar-refractivity contribution in [3.8, 4) is 0 Å². The summed E-state index contributed by atoms with van der Waals surface area (Å²) in [5.41, 5.74) is 5.86. The highest BCUT2D eigenvalue weighted by atomic mass is 32.2. The van der Waals surface area contributed by atoms with Gasteiger partial charge in [-0.3, -0.25) is 0 Å². The van der Waals surface area contributed by atoms with Crippen molar-refractivity contribution in [2.45, 2.75) is 30.8 Å². The Bertz CT molecular complexity index is 511. The molecular weight excluding hydrogens is 238 g/mol. The second kappa shape index (κ2) is 4.27. The molecule has 0 aliphatic heterocycles. The molecule has 0 spiro atoms. The molecule has 1 heterocycles. The zero-order valence-corrected chi connectivity index (χ0v) is 10.8. The predicted octanol–water partition coefficient (Wildman–Crippen LogP) is 1.08. The number of sulfonamides is 1. The van der Waals surface area contributed by atoms with E-state index in [2.05, 4.69) is 4.98 Å². The third-order valence-electron chi connectivity index (χ3n) is 3.30. The van der Waals surface area contributed by atoms with Crippen LogP contribution in [0, 0.1) is 5.92 Å². The first kappa shape index (κ1) is 12.3. The average Bonchev–Trinajstić information content (AvgIpc) is 3.11. The number of nitrogens with zero attached hydrogens (tertiary/aromatic N) is 2. The summed E-state index contributed by atoms with van der Waals surface area (Å²) in [4.78, 5) is 3.88. The third-order valence-corrected chi connectivity index (χ3v) is 5.22. The van der Waals surface area contributed by atoms with Crippen molar-refractivity contribution in [2.75, 3.05) is 12.8 Å². The minimum absolute atomic E-state index is 0.00130. The summed E-state index contributed by atoms with van der Waals surface area (Å²) >= 11 is 0. The minimum Gasteiger partial charge on any atom is -0.396 e. The second-order valence-corrected chi connectivity index (χ2v) is 6.41. The molecule has 0 radical (unpaired) electrons. The molecule has 1 fully saturated rings. The van der Waals surface area contributed by atoms with Crippen molar-refractivity contribution in [1.82, 2.24) is 9.29 Å². The first-order valence-electron chi connectivity index (χ1n) is 5.63. The Balaban J connectivity index is 2.32. The van der Waals surface area contributed by atoms with Crippen LogP contribution < -0.4 is 5.73 Å². The fraction of sp³-hybridized carbons (Fsp3) is 0.545. The van der Waals surface area contributed by atoms with Crippen LogP contribution in [0.1, 0.15) is 19.8 Å². The molecule has 0 saturated heterocycles. The summed E-state index contributed by atoms with van der Waals surface area (Å²) in [5, 5.41) is -0.0463. The van der Waals surface area contributed by atoms with Crippen LogP contribution in [0.3, 0.4) is 0 Å². The van der Waals surface area contributed by atoms with Crippen molar-refractivity contribution in [3.05, 3.63) is 18.3 Å². The molecule has 0 aromatic carbocycles. The number of anilines is 1. The van der Waals surface area contributed by atoms with Gasteiger partial charge in [0.25, 0.3) is 10.0 Å². The maximum Gasteiger partial charge on any atom is 0.262 e. The number of nitrogen functional groups attached to an aromatic ring is 1. The maximum atomic E-state index is 12.3. The molecular formula is C11H17N3O2S. The lowest BCUT2D eigenvalue weighted by molar-refractivity contribution is 0.356. The smallest absolute Gasteiger partial charge is 0.262 e. The number of rotatable bonds is 4. The molecule has 1 aromatic heterocycles. The van der Waals surface area contributed by atoms with Crippen LogP contribution in [0.25, 0.3) is 0 Å². The van der Waals surface area contributed by atoms with Crippen LogP contribution in [0.5, 0.6) is 0 Å². The van der Waals surface area contributed by atoms with Gasteiger partial charge in [0.05, 0.1) is 5.69 Å². The van der Waals surface area contributed by atoms with E-state index in [9.17, 15) is 8.42 Å². The Labute approximate surface area is 102 Å². The molecule has 1 aromatic rings. The molecule has 1 atom stereocenters. The standard InChI is InChI=1S/C11H17N3O2S/c1-8(9-5-6-9)14(2)17(15,16)11-10(12)4-3-7-13-11/h3-4,7-9H,5-6,12H2,1-2H3. The fourth-order valence-corrected chi connectivity index (χ4v) is 3.29. The molecule has 0 amide bonds. The highest BCUT2D eigenvalue weighted by Crippen LogP contribution is 2.36. The highest BCUT2D eigenvalue weighted by molar-refractivity contribution is 7.89. The first-order chi connectivity index (χ1) is 7.94. The molecule has 1 aliphatic carbocycles. The molecule has 94 valence electrons. The van der Waals surface area contributed by atoms with Gasteiger partial charge in [-0.05, 0) is 37.8 Å². The van der Waals surface area contributed by atoms with E-state index in [1.54, 1.807) is 19.2 Å². The lowest BCUT2D eigenvalue weighted by Gasteiger charge is -2.24. The molecule has 1 aliphatic rings. The Morgan fingerprint density at radius 3 is 2.71 bits per heavy atom. The van der Waals surface area contributed by atoms with E-state index in [4.69, 9.17) is 5.73 Å². The molecule has 2 rings (SSSR count). The fourth-order valence-electron chi connectivity index (χ4n) is 1.85. The van der Waals surface area contributed by atoms with Crippen molar-refractivity contribution >= 4 is 15.7 Å². The van der Waals surface area contributed by atoms with E-state index < -0.39 is 10.0 Å². The number of aromatic nitrogens is 1. The van der Waals surface area contributed by atoms with E-state index in [0.717, 1.165) is 12.8 Å². The van der Waals surface area contributed by atoms with Gasteiger partial charge in [-0.15, -0.1) is 0 Å². The lowest BCUT2D eigenvalue weighted by atomic mass is 10.2. The van der Waals surface area contributed by atoms with Crippen LogP contribution in [0.15, 0.2) is 23.4 Å².